The zero-order valence-corrected chi connectivity index (χ0v) is 15.2. The van der Waals surface area contributed by atoms with E-state index in [1.54, 1.807) is 0 Å². The molecule has 0 radical (unpaired) electrons. The minimum atomic E-state index is 0.695. The van der Waals surface area contributed by atoms with E-state index in [9.17, 15) is 0 Å². The van der Waals surface area contributed by atoms with E-state index in [-0.39, 0.29) is 0 Å². The van der Waals surface area contributed by atoms with Crippen molar-refractivity contribution in [2.75, 3.05) is 33.2 Å². The molecule has 1 fully saturated rings. The van der Waals surface area contributed by atoms with Crippen molar-refractivity contribution in [3.05, 3.63) is 47.8 Å². The fourth-order valence-corrected chi connectivity index (χ4v) is 4.13. The van der Waals surface area contributed by atoms with E-state index in [1.165, 1.54) is 65.8 Å². The van der Waals surface area contributed by atoms with Crippen LogP contribution >= 0.6 is 0 Å². The monoisotopic (exact) mass is 336 g/mol. The molecule has 3 N–H and O–H groups in total. The van der Waals surface area contributed by atoms with Gasteiger partial charge in [0.25, 0.3) is 0 Å². The lowest BCUT2D eigenvalue weighted by atomic mass is 9.88. The molecule has 0 spiro atoms. The molecule has 1 aliphatic rings. The molecule has 1 aromatic carbocycles. The zero-order chi connectivity index (χ0) is 17.2. The van der Waals surface area contributed by atoms with E-state index in [2.05, 4.69) is 57.6 Å². The molecule has 3 aromatic rings. The molecular formula is C21H28N4. The van der Waals surface area contributed by atoms with Gasteiger partial charge >= 0.3 is 0 Å². The summed E-state index contributed by atoms with van der Waals surface area (Å²) in [6.07, 6.45) is 6.57. The average molecular weight is 336 g/mol. The van der Waals surface area contributed by atoms with Gasteiger partial charge in [-0.2, -0.15) is 0 Å². The summed E-state index contributed by atoms with van der Waals surface area (Å²) in [5.74, 6) is 0.695. The third-order valence-corrected chi connectivity index (χ3v) is 5.71. The maximum Gasteiger partial charge on any atom is 0.0509 e. The number of piperidine rings is 1. The van der Waals surface area contributed by atoms with Crippen molar-refractivity contribution in [1.82, 2.24) is 20.2 Å². The number of aromatic nitrogens is 2. The Kier molecular flexibility index (Phi) is 4.64. The van der Waals surface area contributed by atoms with Gasteiger partial charge in [0.15, 0.2) is 0 Å². The van der Waals surface area contributed by atoms with Crippen LogP contribution in [0.15, 0.2) is 36.7 Å². The van der Waals surface area contributed by atoms with Crippen molar-refractivity contribution in [3.63, 3.8) is 0 Å². The molecule has 0 bridgehead atoms. The van der Waals surface area contributed by atoms with Crippen molar-refractivity contribution >= 4 is 10.9 Å². The van der Waals surface area contributed by atoms with E-state index in [4.69, 9.17) is 0 Å². The minimum absolute atomic E-state index is 0.695. The highest BCUT2D eigenvalue weighted by Crippen LogP contribution is 2.34. The number of nitrogens with one attached hydrogen (secondary N) is 3. The largest absolute Gasteiger partial charge is 0.367 e. The normalized spacial score (nSPS) is 16.7. The van der Waals surface area contributed by atoms with E-state index in [0.29, 0.717) is 5.92 Å². The van der Waals surface area contributed by atoms with Gasteiger partial charge in [-0.15, -0.1) is 0 Å². The predicted octanol–water partition coefficient (Wildman–Crippen LogP) is 3.87. The highest BCUT2D eigenvalue weighted by molar-refractivity contribution is 5.90. The van der Waals surface area contributed by atoms with Crippen LogP contribution in [0.4, 0.5) is 0 Å². The van der Waals surface area contributed by atoms with Gasteiger partial charge in [-0.25, -0.2) is 0 Å². The van der Waals surface area contributed by atoms with E-state index >= 15 is 0 Å². The number of H-pyrrole nitrogens is 2. The predicted molar refractivity (Wildman–Crippen MR) is 105 cm³/mol. The molecule has 0 aliphatic carbocycles. The Morgan fingerprint density at radius 2 is 2.04 bits per heavy atom. The Morgan fingerprint density at radius 3 is 2.76 bits per heavy atom. The Morgan fingerprint density at radius 1 is 1.20 bits per heavy atom. The minimum Gasteiger partial charge on any atom is -0.367 e. The second kappa shape index (κ2) is 7.06. The number of likely N-dealkylation sites (N-methyl/N-ethyl adjacent to an activating group) is 1. The maximum absolute atomic E-state index is 3.59. The molecule has 4 heteroatoms. The fourth-order valence-electron chi connectivity index (χ4n) is 4.13. The van der Waals surface area contributed by atoms with Crippen LogP contribution in [0.5, 0.6) is 0 Å². The summed E-state index contributed by atoms with van der Waals surface area (Å²) in [5.41, 5.74) is 6.55. The van der Waals surface area contributed by atoms with Gasteiger partial charge in [0, 0.05) is 41.9 Å². The van der Waals surface area contributed by atoms with Crippen molar-refractivity contribution < 1.29 is 0 Å². The lowest BCUT2D eigenvalue weighted by Crippen LogP contribution is -2.37. The first-order chi connectivity index (χ1) is 12.3. The molecule has 0 saturated carbocycles. The van der Waals surface area contributed by atoms with Gasteiger partial charge in [0.05, 0.1) is 5.69 Å². The number of benzene rings is 1. The van der Waals surface area contributed by atoms with E-state index in [0.717, 1.165) is 6.54 Å². The molecule has 2 aromatic heterocycles. The zero-order valence-electron chi connectivity index (χ0n) is 15.2. The summed E-state index contributed by atoms with van der Waals surface area (Å²) >= 11 is 0. The van der Waals surface area contributed by atoms with Crippen LogP contribution in [0.1, 0.15) is 29.9 Å². The number of hydrogen-bond acceptors (Lipinski definition) is 2. The van der Waals surface area contributed by atoms with Gasteiger partial charge < -0.3 is 20.2 Å². The molecule has 4 rings (SSSR count). The lowest BCUT2D eigenvalue weighted by molar-refractivity contribution is 0.214. The van der Waals surface area contributed by atoms with E-state index < -0.39 is 0 Å². The number of nitrogens with zero attached hydrogens (tertiary/aromatic N) is 1. The number of aromatic amines is 2. The molecular weight excluding hydrogens is 308 g/mol. The molecule has 3 heterocycles. The van der Waals surface area contributed by atoms with Crippen LogP contribution in [-0.2, 0) is 0 Å². The van der Waals surface area contributed by atoms with Crippen LogP contribution in [0.3, 0.4) is 0 Å². The summed E-state index contributed by atoms with van der Waals surface area (Å²) in [6, 6.07) is 9.14. The first kappa shape index (κ1) is 16.4. The summed E-state index contributed by atoms with van der Waals surface area (Å²) in [6.45, 7) is 6.90. The van der Waals surface area contributed by atoms with Gasteiger partial charge in [-0.1, -0.05) is 6.07 Å². The van der Waals surface area contributed by atoms with Crippen LogP contribution in [0.25, 0.3) is 22.2 Å². The van der Waals surface area contributed by atoms with Crippen molar-refractivity contribution in [2.45, 2.75) is 25.7 Å². The molecule has 0 atom stereocenters. The van der Waals surface area contributed by atoms with Crippen LogP contribution < -0.4 is 5.32 Å². The number of likely N-dealkylation sites (tertiary alicyclic amines) is 1. The maximum atomic E-state index is 3.59. The van der Waals surface area contributed by atoms with Crippen LogP contribution in [0.2, 0.25) is 0 Å². The van der Waals surface area contributed by atoms with Crippen LogP contribution in [0, 0.1) is 6.92 Å². The summed E-state index contributed by atoms with van der Waals surface area (Å²) in [7, 11) is 2.03. The molecule has 25 heavy (non-hydrogen) atoms. The number of fused-ring (bicyclic) bond motifs is 1. The Balaban J connectivity index is 1.55. The van der Waals surface area contributed by atoms with Crippen molar-refractivity contribution in [3.8, 4) is 11.3 Å². The second-order valence-corrected chi connectivity index (χ2v) is 7.25. The standard InChI is InChI=1S/C21H28N4/c1-15-19-13-17(16-6-10-25(11-7-16)12-9-22-2)3-4-20(19)24-21(15)18-5-8-23-14-18/h3-5,8,13-14,16,22-24H,6-7,9-12H2,1-2H3. The van der Waals surface area contributed by atoms with Gasteiger partial charge in [-0.3, -0.25) is 0 Å². The quantitative estimate of drug-likeness (QED) is 0.662. The first-order valence-electron chi connectivity index (χ1n) is 9.38. The lowest BCUT2D eigenvalue weighted by Gasteiger charge is -2.32. The van der Waals surface area contributed by atoms with Gasteiger partial charge in [-0.05, 0) is 75.1 Å². The first-order valence-corrected chi connectivity index (χ1v) is 9.38. The van der Waals surface area contributed by atoms with E-state index in [1.807, 2.05) is 13.2 Å². The Labute approximate surface area is 149 Å². The van der Waals surface area contributed by atoms with Crippen molar-refractivity contribution in [2.24, 2.45) is 0 Å². The average Bonchev–Trinajstić information content (AvgIpc) is 3.28. The molecule has 1 aliphatic heterocycles. The van der Waals surface area contributed by atoms with Gasteiger partial charge in [0.1, 0.15) is 0 Å². The molecule has 0 unspecified atom stereocenters. The SMILES string of the molecule is CNCCN1CCC(c2ccc3[nH]c(-c4cc[nH]c4)c(C)c3c2)CC1. The number of rotatable bonds is 5. The van der Waals surface area contributed by atoms with Gasteiger partial charge in [0.2, 0.25) is 0 Å². The molecule has 1 saturated heterocycles. The third-order valence-electron chi connectivity index (χ3n) is 5.71. The smallest absolute Gasteiger partial charge is 0.0509 e. The fraction of sp³-hybridized carbons (Fsp3) is 0.429. The van der Waals surface area contributed by atoms with Crippen LogP contribution in [-0.4, -0.2) is 48.1 Å². The summed E-state index contributed by atoms with van der Waals surface area (Å²) < 4.78 is 0. The Bertz CT molecular complexity index is 823. The Hall–Kier alpha value is -2.04. The number of aryl methyl sites for hydroxylation is 1. The highest BCUT2D eigenvalue weighted by Gasteiger charge is 2.21. The van der Waals surface area contributed by atoms with Crippen molar-refractivity contribution in [1.29, 1.82) is 0 Å². The highest BCUT2D eigenvalue weighted by atomic mass is 15.1. The molecule has 132 valence electrons. The summed E-state index contributed by atoms with van der Waals surface area (Å²) in [4.78, 5) is 9.32. The molecule has 4 nitrogen and oxygen atoms in total. The number of hydrogen-bond donors (Lipinski definition) is 3. The topological polar surface area (TPSA) is 46.8 Å². The molecule has 0 amide bonds. The third kappa shape index (κ3) is 3.24. The second-order valence-electron chi connectivity index (χ2n) is 7.25. The summed E-state index contributed by atoms with van der Waals surface area (Å²) in [5, 5.41) is 4.62.